The summed E-state index contributed by atoms with van der Waals surface area (Å²) in [6, 6.07) is 12.3. The van der Waals surface area contributed by atoms with E-state index in [9.17, 15) is 8.42 Å². The van der Waals surface area contributed by atoms with Crippen molar-refractivity contribution in [1.82, 2.24) is 0 Å². The first-order valence-corrected chi connectivity index (χ1v) is 8.63. The van der Waals surface area contributed by atoms with Crippen LogP contribution in [-0.4, -0.2) is 8.42 Å². The maximum Gasteiger partial charge on any atom is 0.158 e. The van der Waals surface area contributed by atoms with Gasteiger partial charge in [0.15, 0.2) is 9.84 Å². The molecule has 0 aliphatic rings. The van der Waals surface area contributed by atoms with Gasteiger partial charge in [-0.3, -0.25) is 0 Å². The minimum atomic E-state index is -3.29. The van der Waals surface area contributed by atoms with E-state index in [1.165, 1.54) is 0 Å². The summed E-state index contributed by atoms with van der Waals surface area (Å²) in [5, 5.41) is 0.900. The summed E-state index contributed by atoms with van der Waals surface area (Å²) in [5.41, 5.74) is 2.36. The highest BCUT2D eigenvalue weighted by molar-refractivity contribution is 7.89. The lowest BCUT2D eigenvalue weighted by molar-refractivity contribution is 0.594. The van der Waals surface area contributed by atoms with Crippen LogP contribution in [0.4, 0.5) is 0 Å². The van der Waals surface area contributed by atoms with Crippen molar-refractivity contribution in [2.45, 2.75) is 18.4 Å². The van der Waals surface area contributed by atoms with E-state index in [4.69, 9.17) is 23.2 Å². The van der Waals surface area contributed by atoms with E-state index in [-0.39, 0.29) is 11.5 Å². The van der Waals surface area contributed by atoms with Crippen LogP contribution >= 0.6 is 23.2 Å². The molecule has 0 bridgehead atoms. The molecule has 0 N–H and O–H groups in total. The lowest BCUT2D eigenvalue weighted by atomic mass is 10.2. The fraction of sp³-hybridized carbons (Fsp3) is 0.200. The summed E-state index contributed by atoms with van der Waals surface area (Å²) in [4.78, 5) is 0. The van der Waals surface area contributed by atoms with Crippen LogP contribution in [0.3, 0.4) is 0 Å². The molecule has 0 saturated heterocycles. The van der Waals surface area contributed by atoms with E-state index in [0.717, 1.165) is 11.1 Å². The van der Waals surface area contributed by atoms with Gasteiger partial charge in [-0.05, 0) is 36.2 Å². The topological polar surface area (TPSA) is 34.1 Å². The third-order valence-corrected chi connectivity index (χ3v) is 4.98. The lowest BCUT2D eigenvalue weighted by Crippen LogP contribution is -2.08. The summed E-state index contributed by atoms with van der Waals surface area (Å²) in [5.74, 6) is -0.113. The van der Waals surface area contributed by atoms with Gasteiger partial charge in [0.1, 0.15) is 0 Å². The van der Waals surface area contributed by atoms with Gasteiger partial charge in [0.25, 0.3) is 0 Å². The number of sulfone groups is 1. The zero-order valence-electron chi connectivity index (χ0n) is 10.9. The first-order valence-electron chi connectivity index (χ1n) is 6.06. The highest BCUT2D eigenvalue weighted by Gasteiger charge is 2.15. The third-order valence-electron chi connectivity index (χ3n) is 2.85. The maximum atomic E-state index is 12.2. The Labute approximate surface area is 129 Å². The Morgan fingerprint density at radius 2 is 1.75 bits per heavy atom. The third kappa shape index (κ3) is 4.23. The Kier molecular flexibility index (Phi) is 4.74. The van der Waals surface area contributed by atoms with Crippen molar-refractivity contribution in [3.63, 3.8) is 0 Å². The second-order valence-electron chi connectivity index (χ2n) is 4.76. The molecule has 0 radical (unpaired) electrons. The minimum absolute atomic E-state index is 0.00246. The highest BCUT2D eigenvalue weighted by Crippen LogP contribution is 2.24. The van der Waals surface area contributed by atoms with E-state index in [0.29, 0.717) is 15.6 Å². The number of hydrogen-bond acceptors (Lipinski definition) is 2. The average molecular weight is 329 g/mol. The molecule has 0 heterocycles. The van der Waals surface area contributed by atoms with E-state index in [2.05, 4.69) is 0 Å². The number of rotatable bonds is 4. The van der Waals surface area contributed by atoms with Crippen LogP contribution in [0, 0.1) is 6.92 Å². The molecular formula is C15H14Cl2O2S. The van der Waals surface area contributed by atoms with Gasteiger partial charge >= 0.3 is 0 Å². The van der Waals surface area contributed by atoms with Gasteiger partial charge in [0.2, 0.25) is 0 Å². The normalized spacial score (nSPS) is 11.6. The summed E-state index contributed by atoms with van der Waals surface area (Å²) in [7, 11) is -3.29. The van der Waals surface area contributed by atoms with Crippen molar-refractivity contribution in [3.05, 3.63) is 69.2 Å². The van der Waals surface area contributed by atoms with Gasteiger partial charge in [-0.15, -0.1) is 0 Å². The van der Waals surface area contributed by atoms with Crippen molar-refractivity contribution in [1.29, 1.82) is 0 Å². The van der Waals surface area contributed by atoms with Crippen molar-refractivity contribution in [3.8, 4) is 0 Å². The van der Waals surface area contributed by atoms with Crippen molar-refractivity contribution in [2.75, 3.05) is 0 Å². The SMILES string of the molecule is Cc1cccc(CS(=O)(=O)Cc2cc(Cl)ccc2Cl)c1. The van der Waals surface area contributed by atoms with Crippen LogP contribution in [-0.2, 0) is 21.3 Å². The molecule has 0 spiro atoms. The number of halogens is 2. The zero-order chi connectivity index (χ0) is 14.8. The molecule has 0 fully saturated rings. The molecular weight excluding hydrogens is 315 g/mol. The van der Waals surface area contributed by atoms with E-state index >= 15 is 0 Å². The number of benzene rings is 2. The van der Waals surface area contributed by atoms with Crippen molar-refractivity contribution < 1.29 is 8.42 Å². The Morgan fingerprint density at radius 3 is 2.45 bits per heavy atom. The van der Waals surface area contributed by atoms with Gasteiger partial charge in [-0.1, -0.05) is 53.0 Å². The molecule has 0 atom stereocenters. The van der Waals surface area contributed by atoms with Gasteiger partial charge < -0.3 is 0 Å². The Hall–Kier alpha value is -1.03. The van der Waals surface area contributed by atoms with Crippen LogP contribution in [0.5, 0.6) is 0 Å². The monoisotopic (exact) mass is 328 g/mol. The minimum Gasteiger partial charge on any atom is -0.228 e. The van der Waals surface area contributed by atoms with Crippen LogP contribution in [0.25, 0.3) is 0 Å². The number of hydrogen-bond donors (Lipinski definition) is 0. The molecule has 2 nitrogen and oxygen atoms in total. The summed E-state index contributed by atoms with van der Waals surface area (Å²) in [6.45, 7) is 1.93. The Balaban J connectivity index is 2.21. The smallest absolute Gasteiger partial charge is 0.158 e. The predicted molar refractivity (Wildman–Crippen MR) is 84.0 cm³/mol. The van der Waals surface area contributed by atoms with Gasteiger partial charge in [-0.25, -0.2) is 8.42 Å². The molecule has 5 heteroatoms. The Bertz CT molecular complexity index is 724. The predicted octanol–water partition coefficient (Wildman–Crippen LogP) is 4.42. The standard InChI is InChI=1S/C15H14Cl2O2S/c1-11-3-2-4-12(7-11)9-20(18,19)10-13-8-14(16)5-6-15(13)17/h2-8H,9-10H2,1H3. The summed E-state index contributed by atoms with van der Waals surface area (Å²) in [6.07, 6.45) is 0. The molecule has 0 aromatic heterocycles. The van der Waals surface area contributed by atoms with E-state index in [1.54, 1.807) is 18.2 Å². The van der Waals surface area contributed by atoms with E-state index < -0.39 is 9.84 Å². The first-order chi connectivity index (χ1) is 9.35. The fourth-order valence-electron chi connectivity index (χ4n) is 2.00. The van der Waals surface area contributed by atoms with Gasteiger partial charge in [0, 0.05) is 10.0 Å². The second kappa shape index (κ2) is 6.17. The molecule has 0 amide bonds. The largest absolute Gasteiger partial charge is 0.228 e. The van der Waals surface area contributed by atoms with Crippen LogP contribution in [0.1, 0.15) is 16.7 Å². The molecule has 2 aromatic carbocycles. The molecule has 0 aliphatic carbocycles. The number of aryl methyl sites for hydroxylation is 1. The quantitative estimate of drug-likeness (QED) is 0.832. The molecule has 0 aliphatic heterocycles. The summed E-state index contributed by atoms with van der Waals surface area (Å²) >= 11 is 11.9. The van der Waals surface area contributed by atoms with Crippen LogP contribution in [0.2, 0.25) is 10.0 Å². The zero-order valence-corrected chi connectivity index (χ0v) is 13.3. The lowest BCUT2D eigenvalue weighted by Gasteiger charge is -2.07. The van der Waals surface area contributed by atoms with Crippen LogP contribution in [0.15, 0.2) is 42.5 Å². The summed E-state index contributed by atoms with van der Waals surface area (Å²) < 4.78 is 24.5. The van der Waals surface area contributed by atoms with Gasteiger partial charge in [0.05, 0.1) is 11.5 Å². The Morgan fingerprint density at radius 1 is 1.00 bits per heavy atom. The van der Waals surface area contributed by atoms with Crippen molar-refractivity contribution in [2.24, 2.45) is 0 Å². The average Bonchev–Trinajstić information content (AvgIpc) is 2.33. The van der Waals surface area contributed by atoms with Crippen molar-refractivity contribution >= 4 is 33.0 Å². The molecule has 20 heavy (non-hydrogen) atoms. The molecule has 2 rings (SSSR count). The molecule has 2 aromatic rings. The highest BCUT2D eigenvalue weighted by atomic mass is 35.5. The van der Waals surface area contributed by atoms with Gasteiger partial charge in [-0.2, -0.15) is 0 Å². The first kappa shape index (κ1) is 15.4. The molecule has 0 unspecified atom stereocenters. The fourth-order valence-corrected chi connectivity index (χ4v) is 3.96. The van der Waals surface area contributed by atoms with E-state index in [1.807, 2.05) is 31.2 Å². The molecule has 0 saturated carbocycles. The van der Waals surface area contributed by atoms with Crippen LogP contribution < -0.4 is 0 Å². The second-order valence-corrected chi connectivity index (χ2v) is 7.67. The maximum absolute atomic E-state index is 12.2. The molecule has 106 valence electrons.